The van der Waals surface area contributed by atoms with Gasteiger partial charge in [0.25, 0.3) is 0 Å². The highest BCUT2D eigenvalue weighted by Crippen LogP contribution is 2.26. The highest BCUT2D eigenvalue weighted by molar-refractivity contribution is 7.90. The van der Waals surface area contributed by atoms with E-state index in [9.17, 15) is 13.2 Å². The Kier molecular flexibility index (Phi) is 6.41. The van der Waals surface area contributed by atoms with Gasteiger partial charge in [0, 0.05) is 38.3 Å². The fraction of sp³-hybridized carbons (Fsp3) is 0.571. The van der Waals surface area contributed by atoms with Gasteiger partial charge in [-0.15, -0.1) is 0 Å². The highest BCUT2D eigenvalue weighted by Gasteiger charge is 2.29. The maximum Gasteiger partial charge on any atom is 0.227 e. The van der Waals surface area contributed by atoms with Gasteiger partial charge >= 0.3 is 0 Å². The van der Waals surface area contributed by atoms with E-state index >= 15 is 0 Å². The number of benzene rings is 1. The number of carbonyl (C=O) groups is 1. The van der Waals surface area contributed by atoms with Crippen molar-refractivity contribution >= 4 is 32.6 Å². The molecule has 1 fully saturated rings. The molecule has 7 nitrogen and oxygen atoms in total. The van der Waals surface area contributed by atoms with Crippen LogP contribution in [0.25, 0.3) is 10.9 Å². The molecule has 0 saturated carbocycles. The first-order valence-corrected chi connectivity index (χ1v) is 12.1. The third-order valence-electron chi connectivity index (χ3n) is 5.55. The number of fused-ring (bicyclic) bond motifs is 1. The van der Waals surface area contributed by atoms with Crippen molar-refractivity contribution in [1.82, 2.24) is 14.9 Å². The van der Waals surface area contributed by atoms with Gasteiger partial charge in [-0.3, -0.25) is 4.79 Å². The van der Waals surface area contributed by atoms with Gasteiger partial charge in [-0.2, -0.15) is 0 Å². The Hall–Kier alpha value is -2.22. The van der Waals surface area contributed by atoms with E-state index < -0.39 is 9.84 Å². The van der Waals surface area contributed by atoms with Gasteiger partial charge in [-0.1, -0.05) is 13.3 Å². The summed E-state index contributed by atoms with van der Waals surface area (Å²) in [5.74, 6) is 0.682. The summed E-state index contributed by atoms with van der Waals surface area (Å²) in [6.07, 6.45) is 5.04. The zero-order chi connectivity index (χ0) is 21.2. The molecule has 0 radical (unpaired) electrons. The molecule has 1 aliphatic rings. The molecule has 1 amide bonds. The van der Waals surface area contributed by atoms with Gasteiger partial charge in [-0.25, -0.2) is 18.4 Å². The first kappa shape index (κ1) is 21.5. The fourth-order valence-electron chi connectivity index (χ4n) is 3.80. The maximum absolute atomic E-state index is 12.8. The molecule has 1 aliphatic heterocycles. The summed E-state index contributed by atoms with van der Waals surface area (Å²) in [5.41, 5.74) is 1.42. The second-order valence-electron chi connectivity index (χ2n) is 7.96. The van der Waals surface area contributed by atoms with Crippen molar-refractivity contribution in [2.24, 2.45) is 5.92 Å². The molecule has 158 valence electrons. The lowest BCUT2D eigenvalue weighted by Gasteiger charge is -2.34. The predicted molar refractivity (Wildman–Crippen MR) is 115 cm³/mol. The minimum absolute atomic E-state index is 0.0624. The Morgan fingerprint density at radius 2 is 2.07 bits per heavy atom. The number of nitrogens with zero attached hydrogens (tertiary/aromatic N) is 4. The van der Waals surface area contributed by atoms with Crippen LogP contribution < -0.4 is 4.90 Å². The molecule has 1 atom stereocenters. The summed E-state index contributed by atoms with van der Waals surface area (Å²) in [6.45, 7) is 6.19. The summed E-state index contributed by atoms with van der Waals surface area (Å²) >= 11 is 0. The Labute approximate surface area is 173 Å². The molecule has 0 spiro atoms. The van der Waals surface area contributed by atoms with Crippen LogP contribution >= 0.6 is 0 Å². The molecular weight excluding hydrogens is 388 g/mol. The molecule has 29 heavy (non-hydrogen) atoms. The molecule has 1 aromatic carbocycles. The molecular formula is C21H30N4O3S. The second-order valence-corrected chi connectivity index (χ2v) is 9.97. The number of hydrogen-bond donors (Lipinski definition) is 0. The normalized spacial score (nSPS) is 17.5. The van der Waals surface area contributed by atoms with Crippen LogP contribution in [0.3, 0.4) is 0 Å². The zero-order valence-corrected chi connectivity index (χ0v) is 18.5. The van der Waals surface area contributed by atoms with Crippen LogP contribution in [0, 0.1) is 12.8 Å². The number of piperidine rings is 1. The summed E-state index contributed by atoms with van der Waals surface area (Å²) in [5, 5.41) is 0.838. The summed E-state index contributed by atoms with van der Waals surface area (Å²) in [7, 11) is -1.43. The number of amides is 1. The largest absolute Gasteiger partial charge is 0.345 e. The predicted octanol–water partition coefficient (Wildman–Crippen LogP) is 2.82. The Balaban J connectivity index is 1.86. The Morgan fingerprint density at radius 1 is 1.31 bits per heavy atom. The average molecular weight is 419 g/mol. The molecule has 0 aliphatic carbocycles. The van der Waals surface area contributed by atoms with Crippen LogP contribution in [0.1, 0.15) is 38.3 Å². The van der Waals surface area contributed by atoms with E-state index in [0.29, 0.717) is 18.0 Å². The number of unbranched alkanes of at least 4 members (excludes halogenated alkanes) is 1. The first-order valence-electron chi connectivity index (χ1n) is 10.2. The third-order valence-corrected chi connectivity index (χ3v) is 6.66. The molecule has 0 unspecified atom stereocenters. The van der Waals surface area contributed by atoms with Crippen molar-refractivity contribution in [3.63, 3.8) is 0 Å². The quantitative estimate of drug-likeness (QED) is 0.717. The molecule has 8 heteroatoms. The fourth-order valence-corrected chi connectivity index (χ4v) is 4.44. The van der Waals surface area contributed by atoms with Crippen LogP contribution in [-0.4, -0.2) is 62.1 Å². The number of rotatable bonds is 6. The van der Waals surface area contributed by atoms with Gasteiger partial charge in [0.05, 0.1) is 22.0 Å². The molecule has 3 rings (SSSR count). The Bertz CT molecular complexity index is 1010. The van der Waals surface area contributed by atoms with Crippen molar-refractivity contribution in [2.75, 3.05) is 37.8 Å². The van der Waals surface area contributed by atoms with Crippen LogP contribution in [0.2, 0.25) is 0 Å². The summed E-state index contributed by atoms with van der Waals surface area (Å²) in [6, 6.07) is 4.96. The number of aromatic nitrogens is 2. The SMILES string of the molecule is CCCCN(C)C(=O)[C@@H]1CCCN(c2nc(C)c3ccc(S(C)(=O)=O)cc3n2)C1. The zero-order valence-electron chi connectivity index (χ0n) is 17.7. The van der Waals surface area contributed by atoms with Crippen LogP contribution in [0.15, 0.2) is 23.1 Å². The number of hydrogen-bond acceptors (Lipinski definition) is 6. The van der Waals surface area contributed by atoms with E-state index in [1.807, 2.05) is 18.9 Å². The first-order chi connectivity index (χ1) is 13.7. The van der Waals surface area contributed by atoms with E-state index in [1.165, 1.54) is 6.26 Å². The minimum Gasteiger partial charge on any atom is -0.345 e. The number of sulfone groups is 1. The Morgan fingerprint density at radius 3 is 2.76 bits per heavy atom. The van der Waals surface area contributed by atoms with Gasteiger partial charge in [0.1, 0.15) is 0 Å². The van der Waals surface area contributed by atoms with Gasteiger partial charge in [0.15, 0.2) is 9.84 Å². The van der Waals surface area contributed by atoms with Crippen molar-refractivity contribution < 1.29 is 13.2 Å². The maximum atomic E-state index is 12.8. The van der Waals surface area contributed by atoms with E-state index in [0.717, 1.165) is 49.9 Å². The van der Waals surface area contributed by atoms with E-state index in [2.05, 4.69) is 21.8 Å². The monoisotopic (exact) mass is 418 g/mol. The molecule has 0 N–H and O–H groups in total. The van der Waals surface area contributed by atoms with Crippen LogP contribution in [0.5, 0.6) is 0 Å². The molecule has 2 aromatic rings. The van der Waals surface area contributed by atoms with Gasteiger partial charge < -0.3 is 9.80 Å². The lowest BCUT2D eigenvalue weighted by atomic mass is 9.96. The number of carbonyl (C=O) groups excluding carboxylic acids is 1. The standard InChI is InChI=1S/C21H30N4O3S/c1-5-6-11-24(3)20(26)16-8-7-12-25(14-16)21-22-15(2)18-10-9-17(29(4,27)28)13-19(18)23-21/h9-10,13,16H,5-8,11-12,14H2,1-4H3/t16-/m1/s1. The molecule has 1 saturated heterocycles. The smallest absolute Gasteiger partial charge is 0.227 e. The van der Waals surface area contributed by atoms with Crippen molar-refractivity contribution in [3.05, 3.63) is 23.9 Å². The average Bonchev–Trinajstić information content (AvgIpc) is 2.70. The highest BCUT2D eigenvalue weighted by atomic mass is 32.2. The van der Waals surface area contributed by atoms with Gasteiger partial charge in [-0.05, 0) is 44.4 Å². The summed E-state index contributed by atoms with van der Waals surface area (Å²) in [4.78, 5) is 26.2. The third kappa shape index (κ3) is 4.86. The lowest BCUT2D eigenvalue weighted by molar-refractivity contribution is -0.134. The second kappa shape index (κ2) is 8.65. The molecule has 0 bridgehead atoms. The van der Waals surface area contributed by atoms with Gasteiger partial charge in [0.2, 0.25) is 11.9 Å². The van der Waals surface area contributed by atoms with E-state index in [4.69, 9.17) is 0 Å². The number of aryl methyl sites for hydroxylation is 1. The molecule has 1 aromatic heterocycles. The van der Waals surface area contributed by atoms with Crippen LogP contribution in [0.4, 0.5) is 5.95 Å². The minimum atomic E-state index is -3.31. The number of anilines is 1. The lowest BCUT2D eigenvalue weighted by Crippen LogP contribution is -2.44. The van der Waals surface area contributed by atoms with Crippen molar-refractivity contribution in [1.29, 1.82) is 0 Å². The topological polar surface area (TPSA) is 83.5 Å². The molecule has 2 heterocycles. The van der Waals surface area contributed by atoms with Crippen molar-refractivity contribution in [2.45, 2.75) is 44.4 Å². The summed E-state index contributed by atoms with van der Waals surface area (Å²) < 4.78 is 23.8. The van der Waals surface area contributed by atoms with Crippen molar-refractivity contribution in [3.8, 4) is 0 Å². The van der Waals surface area contributed by atoms with E-state index in [-0.39, 0.29) is 16.7 Å². The van der Waals surface area contributed by atoms with Crippen LogP contribution in [-0.2, 0) is 14.6 Å². The van der Waals surface area contributed by atoms with E-state index in [1.54, 1.807) is 18.2 Å².